The summed E-state index contributed by atoms with van der Waals surface area (Å²) in [5, 5.41) is 18.8. The van der Waals surface area contributed by atoms with Crippen molar-refractivity contribution in [2.75, 3.05) is 19.6 Å². The third-order valence-corrected chi connectivity index (χ3v) is 4.44. The molecule has 0 radical (unpaired) electrons. The molecule has 1 aromatic heterocycles. The maximum Gasteiger partial charge on any atom is 0.246 e. The summed E-state index contributed by atoms with van der Waals surface area (Å²) in [7, 11) is 0. The van der Waals surface area contributed by atoms with Gasteiger partial charge in [-0.1, -0.05) is 30.3 Å². The summed E-state index contributed by atoms with van der Waals surface area (Å²) >= 11 is 0. The number of tetrazole rings is 1. The van der Waals surface area contributed by atoms with Crippen molar-refractivity contribution in [1.82, 2.24) is 30.8 Å². The van der Waals surface area contributed by atoms with Crippen molar-refractivity contribution < 1.29 is 4.79 Å². The van der Waals surface area contributed by atoms with Crippen LogP contribution in [0.2, 0.25) is 0 Å². The Morgan fingerprint density at radius 2 is 2.25 bits per heavy atom. The van der Waals surface area contributed by atoms with Gasteiger partial charge in [0, 0.05) is 12.1 Å². The quantitative estimate of drug-likeness (QED) is 0.837. The van der Waals surface area contributed by atoms with Gasteiger partial charge in [-0.3, -0.25) is 4.79 Å². The maximum absolute atomic E-state index is 12.3. The van der Waals surface area contributed by atoms with Crippen LogP contribution >= 0.6 is 0 Å². The molecule has 0 saturated carbocycles. The Morgan fingerprint density at radius 1 is 1.42 bits per heavy atom. The van der Waals surface area contributed by atoms with Gasteiger partial charge in [-0.15, -0.1) is 10.2 Å². The van der Waals surface area contributed by atoms with Crippen molar-refractivity contribution in [2.45, 2.75) is 32.2 Å². The number of nitrogens with one attached hydrogen (secondary N) is 2. The van der Waals surface area contributed by atoms with Gasteiger partial charge in [0.15, 0.2) is 0 Å². The Labute approximate surface area is 141 Å². The van der Waals surface area contributed by atoms with E-state index >= 15 is 0 Å². The number of piperidine rings is 1. The summed E-state index contributed by atoms with van der Waals surface area (Å²) in [5.74, 6) is 1.11. The first kappa shape index (κ1) is 16.6. The largest absolute Gasteiger partial charge is 0.354 e. The van der Waals surface area contributed by atoms with Crippen LogP contribution < -0.4 is 10.6 Å². The van der Waals surface area contributed by atoms with Gasteiger partial charge in [0.25, 0.3) is 0 Å². The molecule has 0 aliphatic carbocycles. The fourth-order valence-corrected chi connectivity index (χ4v) is 2.91. The molecule has 2 heterocycles. The Morgan fingerprint density at radius 3 is 3.00 bits per heavy atom. The highest BCUT2D eigenvalue weighted by atomic mass is 16.2. The predicted octanol–water partition coefficient (Wildman–Crippen LogP) is 1.41. The van der Waals surface area contributed by atoms with Crippen LogP contribution in [0.15, 0.2) is 30.3 Å². The average molecular weight is 328 g/mol. The van der Waals surface area contributed by atoms with Gasteiger partial charge in [0.05, 0.1) is 0 Å². The minimum absolute atomic E-state index is 0.0734. The Kier molecular flexibility index (Phi) is 5.53. The lowest BCUT2D eigenvalue weighted by molar-refractivity contribution is -0.124. The predicted molar refractivity (Wildman–Crippen MR) is 91.2 cm³/mol. The highest BCUT2D eigenvalue weighted by molar-refractivity contribution is 5.79. The SMILES string of the molecule is CC(C(=O)NCCC1CCCNC1)n1nnc(-c2ccccc2)n1. The zero-order chi connectivity index (χ0) is 16.8. The number of hydrogen-bond acceptors (Lipinski definition) is 5. The van der Waals surface area contributed by atoms with Crippen molar-refractivity contribution >= 4 is 5.91 Å². The molecule has 1 aliphatic heterocycles. The summed E-state index contributed by atoms with van der Waals surface area (Å²) in [6.07, 6.45) is 3.47. The van der Waals surface area contributed by atoms with E-state index in [4.69, 9.17) is 0 Å². The molecule has 128 valence electrons. The van der Waals surface area contributed by atoms with Gasteiger partial charge in [-0.05, 0) is 50.4 Å². The van der Waals surface area contributed by atoms with E-state index in [2.05, 4.69) is 26.0 Å². The van der Waals surface area contributed by atoms with Gasteiger partial charge in [-0.25, -0.2) is 0 Å². The van der Waals surface area contributed by atoms with Crippen molar-refractivity contribution in [1.29, 1.82) is 0 Å². The Bertz CT molecular complexity index is 650. The zero-order valence-electron chi connectivity index (χ0n) is 14.0. The average Bonchev–Trinajstić information content (AvgIpc) is 3.13. The first-order valence-corrected chi connectivity index (χ1v) is 8.57. The second-order valence-corrected chi connectivity index (χ2v) is 6.27. The summed E-state index contributed by atoms with van der Waals surface area (Å²) in [6, 6.07) is 9.15. The number of carbonyl (C=O) groups is 1. The highest BCUT2D eigenvalue weighted by Gasteiger charge is 2.19. The summed E-state index contributed by atoms with van der Waals surface area (Å²) < 4.78 is 0. The standard InChI is InChI=1S/C17H24N6O/c1-13(17(24)19-11-9-14-6-5-10-18-12-14)23-21-16(20-22-23)15-7-3-2-4-8-15/h2-4,7-8,13-14,18H,5-6,9-12H2,1H3,(H,19,24). The summed E-state index contributed by atoms with van der Waals surface area (Å²) in [5.41, 5.74) is 0.890. The molecule has 0 spiro atoms. The van der Waals surface area contributed by atoms with Crippen LogP contribution in [0.4, 0.5) is 0 Å². The molecule has 2 unspecified atom stereocenters. The van der Waals surface area contributed by atoms with Gasteiger partial charge < -0.3 is 10.6 Å². The number of aromatic nitrogens is 4. The fraction of sp³-hybridized carbons (Fsp3) is 0.529. The van der Waals surface area contributed by atoms with E-state index in [1.807, 2.05) is 30.3 Å². The molecule has 24 heavy (non-hydrogen) atoms. The van der Waals surface area contributed by atoms with E-state index in [0.29, 0.717) is 18.3 Å². The van der Waals surface area contributed by atoms with Crippen LogP contribution in [0.1, 0.15) is 32.2 Å². The maximum atomic E-state index is 12.3. The zero-order valence-corrected chi connectivity index (χ0v) is 14.0. The molecule has 2 N–H and O–H groups in total. The Balaban J connectivity index is 1.51. The molecule has 0 bridgehead atoms. The van der Waals surface area contributed by atoms with Crippen LogP contribution in [0.25, 0.3) is 11.4 Å². The third kappa shape index (κ3) is 4.17. The molecule has 2 aromatic rings. The minimum Gasteiger partial charge on any atom is -0.354 e. The number of benzene rings is 1. The molecule has 7 heteroatoms. The minimum atomic E-state index is -0.473. The molecule has 1 amide bonds. The topological polar surface area (TPSA) is 84.7 Å². The number of hydrogen-bond donors (Lipinski definition) is 2. The first-order chi connectivity index (χ1) is 11.7. The van der Waals surface area contributed by atoms with Crippen molar-refractivity contribution in [3.63, 3.8) is 0 Å². The first-order valence-electron chi connectivity index (χ1n) is 8.57. The molecule has 1 fully saturated rings. The van der Waals surface area contributed by atoms with Crippen LogP contribution in [0, 0.1) is 5.92 Å². The van der Waals surface area contributed by atoms with E-state index in [0.717, 1.165) is 25.1 Å². The lowest BCUT2D eigenvalue weighted by atomic mass is 9.96. The second kappa shape index (κ2) is 8.01. The van der Waals surface area contributed by atoms with Gasteiger partial charge >= 0.3 is 0 Å². The van der Waals surface area contributed by atoms with E-state index in [-0.39, 0.29) is 5.91 Å². The molecular weight excluding hydrogens is 304 g/mol. The number of nitrogens with zero attached hydrogens (tertiary/aromatic N) is 4. The molecule has 1 aliphatic rings. The highest BCUT2D eigenvalue weighted by Crippen LogP contribution is 2.14. The monoisotopic (exact) mass is 328 g/mol. The van der Waals surface area contributed by atoms with E-state index in [9.17, 15) is 4.79 Å². The van der Waals surface area contributed by atoms with E-state index in [1.54, 1.807) is 6.92 Å². The summed E-state index contributed by atoms with van der Waals surface area (Å²) in [4.78, 5) is 13.7. The lowest BCUT2D eigenvalue weighted by Gasteiger charge is -2.22. The summed E-state index contributed by atoms with van der Waals surface area (Å²) in [6.45, 7) is 4.64. The van der Waals surface area contributed by atoms with Crippen molar-refractivity contribution in [2.24, 2.45) is 5.92 Å². The molecule has 2 atom stereocenters. The second-order valence-electron chi connectivity index (χ2n) is 6.27. The molecule has 3 rings (SSSR count). The van der Waals surface area contributed by atoms with E-state index < -0.39 is 6.04 Å². The van der Waals surface area contributed by atoms with Crippen LogP contribution in [0.5, 0.6) is 0 Å². The van der Waals surface area contributed by atoms with E-state index in [1.165, 1.54) is 17.6 Å². The number of carbonyl (C=O) groups excluding carboxylic acids is 1. The van der Waals surface area contributed by atoms with Crippen molar-refractivity contribution in [3.8, 4) is 11.4 Å². The van der Waals surface area contributed by atoms with Crippen LogP contribution in [-0.4, -0.2) is 45.7 Å². The van der Waals surface area contributed by atoms with Gasteiger partial charge in [0.2, 0.25) is 11.7 Å². The fourth-order valence-electron chi connectivity index (χ4n) is 2.91. The number of rotatable bonds is 6. The number of amides is 1. The molecule has 1 aromatic carbocycles. The van der Waals surface area contributed by atoms with Crippen molar-refractivity contribution in [3.05, 3.63) is 30.3 Å². The van der Waals surface area contributed by atoms with Gasteiger partial charge in [0.1, 0.15) is 6.04 Å². The smallest absolute Gasteiger partial charge is 0.246 e. The normalized spacial score (nSPS) is 19.0. The molecule has 1 saturated heterocycles. The van der Waals surface area contributed by atoms with Crippen LogP contribution in [-0.2, 0) is 4.79 Å². The Hall–Kier alpha value is -2.28. The molecular formula is C17H24N6O. The third-order valence-electron chi connectivity index (χ3n) is 4.44. The van der Waals surface area contributed by atoms with Gasteiger partial charge in [-0.2, -0.15) is 4.80 Å². The molecule has 7 nitrogen and oxygen atoms in total. The van der Waals surface area contributed by atoms with Crippen LogP contribution in [0.3, 0.4) is 0 Å². The lowest BCUT2D eigenvalue weighted by Crippen LogP contribution is -2.36.